The van der Waals surface area contributed by atoms with Crippen LogP contribution in [0.1, 0.15) is 13.3 Å². The van der Waals surface area contributed by atoms with Gasteiger partial charge in [0, 0.05) is 5.25 Å². The fourth-order valence-electron chi connectivity index (χ4n) is 0.241. The second-order valence-electron chi connectivity index (χ2n) is 1.37. The molecular formula is C5H10S. The minimum atomic E-state index is 0.475. The van der Waals surface area contributed by atoms with E-state index in [-0.39, 0.29) is 0 Å². The maximum Gasteiger partial charge on any atom is 0.00228 e. The zero-order chi connectivity index (χ0) is 4.99. The Morgan fingerprint density at radius 2 is 2.50 bits per heavy atom. The van der Waals surface area contributed by atoms with Crippen molar-refractivity contribution in [1.29, 1.82) is 0 Å². The van der Waals surface area contributed by atoms with E-state index >= 15 is 0 Å². The maximum atomic E-state index is 4.11. The Morgan fingerprint density at radius 3 is 2.50 bits per heavy atom. The second-order valence-corrected chi connectivity index (χ2v) is 2.25. The van der Waals surface area contributed by atoms with Crippen LogP contribution < -0.4 is 0 Å². The highest BCUT2D eigenvalue weighted by Gasteiger charge is 1.83. The van der Waals surface area contributed by atoms with Gasteiger partial charge in [0.15, 0.2) is 0 Å². The molecule has 0 N–H and O–H groups in total. The van der Waals surface area contributed by atoms with Crippen LogP contribution in [0.3, 0.4) is 0 Å². The van der Waals surface area contributed by atoms with Crippen molar-refractivity contribution in [3.63, 3.8) is 0 Å². The van der Waals surface area contributed by atoms with Gasteiger partial charge in [0.25, 0.3) is 0 Å². The van der Waals surface area contributed by atoms with Gasteiger partial charge in [-0.1, -0.05) is 13.0 Å². The van der Waals surface area contributed by atoms with Crippen LogP contribution in [-0.2, 0) is 0 Å². The average molecular weight is 102 g/mol. The summed E-state index contributed by atoms with van der Waals surface area (Å²) in [6.07, 6.45) is 2.88. The summed E-state index contributed by atoms with van der Waals surface area (Å²) in [5.74, 6) is 0. The van der Waals surface area contributed by atoms with Crippen molar-refractivity contribution >= 4 is 12.6 Å². The van der Waals surface area contributed by atoms with E-state index in [9.17, 15) is 0 Å². The van der Waals surface area contributed by atoms with Gasteiger partial charge in [0.05, 0.1) is 0 Å². The number of hydrogen-bond acceptors (Lipinski definition) is 1. The van der Waals surface area contributed by atoms with E-state index in [2.05, 4.69) is 19.2 Å². The fourth-order valence-corrected chi connectivity index (χ4v) is 0.390. The monoisotopic (exact) mass is 102 g/mol. The molecule has 0 aliphatic carbocycles. The third kappa shape index (κ3) is 4.09. The van der Waals surface area contributed by atoms with Gasteiger partial charge < -0.3 is 0 Å². The third-order valence-corrected chi connectivity index (χ3v) is 0.719. The molecule has 6 heavy (non-hydrogen) atoms. The van der Waals surface area contributed by atoms with Gasteiger partial charge in [-0.15, -0.1) is 6.58 Å². The zero-order valence-corrected chi connectivity index (χ0v) is 4.91. The lowest BCUT2D eigenvalue weighted by atomic mass is 10.3. The largest absolute Gasteiger partial charge is 0.176 e. The molecule has 0 saturated heterocycles. The Kier molecular flexibility index (Phi) is 3.34. The lowest BCUT2D eigenvalue weighted by Crippen LogP contribution is -1.83. The Balaban J connectivity index is 2.81. The average Bonchev–Trinajstić information content (AvgIpc) is 1.35. The molecule has 0 aliphatic rings. The van der Waals surface area contributed by atoms with Gasteiger partial charge in [0.1, 0.15) is 0 Å². The Bertz CT molecular complexity index is 39.2. The molecule has 0 aliphatic heterocycles. The summed E-state index contributed by atoms with van der Waals surface area (Å²) in [6.45, 7) is 5.60. The quantitative estimate of drug-likeness (QED) is 0.399. The first-order valence-corrected chi connectivity index (χ1v) is 2.58. The van der Waals surface area contributed by atoms with Crippen molar-refractivity contribution in [2.24, 2.45) is 0 Å². The summed E-state index contributed by atoms with van der Waals surface area (Å²) in [7, 11) is 0. The van der Waals surface area contributed by atoms with Gasteiger partial charge in [-0.25, -0.2) is 0 Å². The fraction of sp³-hybridized carbons (Fsp3) is 0.600. The van der Waals surface area contributed by atoms with E-state index in [0.29, 0.717) is 5.25 Å². The summed E-state index contributed by atoms with van der Waals surface area (Å²) in [5, 5.41) is 0.475. The minimum absolute atomic E-state index is 0.475. The van der Waals surface area contributed by atoms with Crippen molar-refractivity contribution in [2.75, 3.05) is 0 Å². The van der Waals surface area contributed by atoms with Crippen LogP contribution in [0, 0.1) is 0 Å². The molecule has 0 aromatic heterocycles. The summed E-state index contributed by atoms with van der Waals surface area (Å²) in [4.78, 5) is 0. The first kappa shape index (κ1) is 6.09. The van der Waals surface area contributed by atoms with Crippen molar-refractivity contribution < 1.29 is 0 Å². The first-order chi connectivity index (χ1) is 2.77. The van der Waals surface area contributed by atoms with Crippen LogP contribution in [0.15, 0.2) is 12.7 Å². The van der Waals surface area contributed by atoms with Crippen LogP contribution in [0.4, 0.5) is 0 Å². The summed E-state index contributed by atoms with van der Waals surface area (Å²) in [6, 6.07) is 0. The highest BCUT2D eigenvalue weighted by molar-refractivity contribution is 7.80. The molecule has 0 spiro atoms. The van der Waals surface area contributed by atoms with E-state index in [4.69, 9.17) is 0 Å². The van der Waals surface area contributed by atoms with Crippen molar-refractivity contribution in [2.45, 2.75) is 18.6 Å². The summed E-state index contributed by atoms with van der Waals surface area (Å²) >= 11 is 4.11. The number of allylic oxidation sites excluding steroid dienone is 1. The maximum absolute atomic E-state index is 4.11. The van der Waals surface area contributed by atoms with Crippen molar-refractivity contribution in [3.05, 3.63) is 12.7 Å². The molecule has 0 bridgehead atoms. The van der Waals surface area contributed by atoms with Gasteiger partial charge in [-0.3, -0.25) is 0 Å². The molecule has 1 heteroatoms. The Morgan fingerprint density at radius 1 is 2.00 bits per heavy atom. The normalized spacial score (nSPS) is 13.7. The zero-order valence-electron chi connectivity index (χ0n) is 4.02. The second kappa shape index (κ2) is 3.29. The van der Waals surface area contributed by atoms with E-state index in [1.165, 1.54) is 0 Å². The molecule has 0 saturated carbocycles. The molecule has 0 aromatic rings. The predicted molar refractivity (Wildman–Crippen MR) is 33.3 cm³/mol. The molecule has 0 fully saturated rings. The topological polar surface area (TPSA) is 0 Å². The molecule has 0 rings (SSSR count). The molecule has 0 amide bonds. The first-order valence-electron chi connectivity index (χ1n) is 2.06. The lowest BCUT2D eigenvalue weighted by molar-refractivity contribution is 0.993. The number of rotatable bonds is 2. The summed E-state index contributed by atoms with van der Waals surface area (Å²) in [5.41, 5.74) is 0. The molecule has 1 atom stereocenters. The molecule has 0 heterocycles. The minimum Gasteiger partial charge on any atom is -0.176 e. The van der Waals surface area contributed by atoms with Gasteiger partial charge in [-0.05, 0) is 6.42 Å². The highest BCUT2D eigenvalue weighted by Crippen LogP contribution is 1.97. The smallest absolute Gasteiger partial charge is 0.00228 e. The van der Waals surface area contributed by atoms with Gasteiger partial charge in [0.2, 0.25) is 0 Å². The molecule has 0 nitrogen and oxygen atoms in total. The van der Waals surface area contributed by atoms with E-state index in [0.717, 1.165) is 6.42 Å². The Labute approximate surface area is 44.7 Å². The highest BCUT2D eigenvalue weighted by atomic mass is 32.1. The molecule has 0 radical (unpaired) electrons. The van der Waals surface area contributed by atoms with Crippen LogP contribution in [0.2, 0.25) is 0 Å². The van der Waals surface area contributed by atoms with Crippen LogP contribution in [0.25, 0.3) is 0 Å². The van der Waals surface area contributed by atoms with E-state index < -0.39 is 0 Å². The van der Waals surface area contributed by atoms with E-state index in [1.54, 1.807) is 0 Å². The van der Waals surface area contributed by atoms with Crippen LogP contribution in [0.5, 0.6) is 0 Å². The number of hydrogen-bond donors (Lipinski definition) is 1. The van der Waals surface area contributed by atoms with Crippen LogP contribution in [-0.4, -0.2) is 5.25 Å². The molecule has 0 aromatic carbocycles. The number of thiol groups is 1. The van der Waals surface area contributed by atoms with Crippen LogP contribution >= 0.6 is 12.6 Å². The SMILES string of the molecule is C=CCC(C)S. The standard InChI is InChI=1S/C5H10S/c1-3-4-5(2)6/h3,5-6H,1,4H2,2H3. The van der Waals surface area contributed by atoms with E-state index in [1.807, 2.05) is 13.0 Å². The predicted octanol–water partition coefficient (Wildman–Crippen LogP) is 1.88. The Hall–Kier alpha value is 0.0900. The van der Waals surface area contributed by atoms with Gasteiger partial charge >= 0.3 is 0 Å². The van der Waals surface area contributed by atoms with Gasteiger partial charge in [-0.2, -0.15) is 12.6 Å². The lowest BCUT2D eigenvalue weighted by Gasteiger charge is -1.91. The molecular weight excluding hydrogens is 92.1 g/mol. The van der Waals surface area contributed by atoms with Crippen molar-refractivity contribution in [3.8, 4) is 0 Å². The summed E-state index contributed by atoms with van der Waals surface area (Å²) < 4.78 is 0. The molecule has 36 valence electrons. The third-order valence-electron chi connectivity index (χ3n) is 0.508. The molecule has 1 unspecified atom stereocenters. The van der Waals surface area contributed by atoms with Crippen molar-refractivity contribution in [1.82, 2.24) is 0 Å².